The molecule has 0 aromatic heterocycles. The van der Waals surface area contributed by atoms with Crippen molar-refractivity contribution in [3.05, 3.63) is 29.6 Å². The van der Waals surface area contributed by atoms with Gasteiger partial charge in [-0.1, -0.05) is 6.07 Å². The number of carboxylic acid groups (broad SMARTS) is 2. The first kappa shape index (κ1) is 13.0. The van der Waals surface area contributed by atoms with Crippen LogP contribution >= 0.6 is 0 Å². The molecule has 0 aliphatic carbocycles. The van der Waals surface area contributed by atoms with Gasteiger partial charge in [-0.2, -0.15) is 0 Å². The molecule has 0 heterocycles. The number of benzene rings is 1. The van der Waals surface area contributed by atoms with Crippen molar-refractivity contribution in [3.63, 3.8) is 0 Å². The zero-order valence-electron chi connectivity index (χ0n) is 8.76. The van der Waals surface area contributed by atoms with Gasteiger partial charge in [-0.3, -0.25) is 9.59 Å². The first-order chi connectivity index (χ1) is 7.90. The van der Waals surface area contributed by atoms with Gasteiger partial charge < -0.3 is 15.3 Å². The largest absolute Gasteiger partial charge is 0.508 e. The third kappa shape index (κ3) is 3.75. The smallest absolute Gasteiger partial charge is 0.303 e. The van der Waals surface area contributed by atoms with E-state index >= 15 is 0 Å². The van der Waals surface area contributed by atoms with Gasteiger partial charge in [0.05, 0.1) is 12.8 Å². The molecule has 0 aliphatic heterocycles. The van der Waals surface area contributed by atoms with Gasteiger partial charge in [0, 0.05) is 12.0 Å². The topological polar surface area (TPSA) is 94.8 Å². The van der Waals surface area contributed by atoms with E-state index < -0.39 is 36.5 Å². The molecule has 3 N–H and O–H groups in total. The second-order valence-electron chi connectivity index (χ2n) is 3.60. The number of aliphatic carboxylic acids is 2. The predicted molar refractivity (Wildman–Crippen MR) is 55.3 cm³/mol. The lowest BCUT2D eigenvalue weighted by Gasteiger charge is -2.13. The van der Waals surface area contributed by atoms with Crippen molar-refractivity contribution in [2.24, 2.45) is 0 Å². The maximum Gasteiger partial charge on any atom is 0.303 e. The fraction of sp³-hybridized carbons (Fsp3) is 0.273. The summed E-state index contributed by atoms with van der Waals surface area (Å²) in [7, 11) is 0. The molecule has 0 saturated carbocycles. The molecule has 0 radical (unpaired) electrons. The molecule has 0 amide bonds. The highest BCUT2D eigenvalue weighted by atomic mass is 19.1. The molecule has 0 saturated heterocycles. The maximum absolute atomic E-state index is 13.5. The van der Waals surface area contributed by atoms with E-state index in [0.717, 1.165) is 6.07 Å². The lowest BCUT2D eigenvalue weighted by molar-refractivity contribution is -0.139. The number of halogens is 1. The number of rotatable bonds is 5. The summed E-state index contributed by atoms with van der Waals surface area (Å²) >= 11 is 0. The number of aromatic hydroxyl groups is 1. The fourth-order valence-corrected chi connectivity index (χ4v) is 1.56. The van der Waals surface area contributed by atoms with Gasteiger partial charge in [0.25, 0.3) is 0 Å². The van der Waals surface area contributed by atoms with Crippen LogP contribution in [0, 0.1) is 5.82 Å². The van der Waals surface area contributed by atoms with E-state index in [1.165, 1.54) is 12.1 Å². The van der Waals surface area contributed by atoms with Gasteiger partial charge in [0.2, 0.25) is 0 Å². The van der Waals surface area contributed by atoms with E-state index in [9.17, 15) is 14.0 Å². The number of phenols is 1. The minimum Gasteiger partial charge on any atom is -0.508 e. The van der Waals surface area contributed by atoms with Crippen LogP contribution in [0.2, 0.25) is 0 Å². The van der Waals surface area contributed by atoms with E-state index in [1.807, 2.05) is 0 Å². The second-order valence-corrected chi connectivity index (χ2v) is 3.60. The van der Waals surface area contributed by atoms with Gasteiger partial charge in [-0.25, -0.2) is 4.39 Å². The fourth-order valence-electron chi connectivity index (χ4n) is 1.56. The lowest BCUT2D eigenvalue weighted by Crippen LogP contribution is -2.12. The van der Waals surface area contributed by atoms with E-state index in [-0.39, 0.29) is 11.3 Å². The molecule has 1 rings (SSSR count). The standard InChI is InChI=1S/C11H11FO5/c12-9-5-7(13)1-2-8(9)6(3-10(14)15)4-11(16)17/h1-2,5-6,13H,3-4H2,(H,14,15)(H,16,17). The Kier molecular flexibility index (Phi) is 4.03. The van der Waals surface area contributed by atoms with Crippen molar-refractivity contribution in [2.75, 3.05) is 0 Å². The molecule has 0 unspecified atom stereocenters. The zero-order valence-corrected chi connectivity index (χ0v) is 8.76. The first-order valence-corrected chi connectivity index (χ1v) is 4.82. The number of hydrogen-bond acceptors (Lipinski definition) is 3. The van der Waals surface area contributed by atoms with Crippen LogP contribution in [0.25, 0.3) is 0 Å². The molecule has 1 aromatic carbocycles. The SMILES string of the molecule is O=C(O)CC(CC(=O)O)c1ccc(O)cc1F. The van der Waals surface area contributed by atoms with Crippen LogP contribution in [0.15, 0.2) is 18.2 Å². The molecule has 0 aliphatic rings. The summed E-state index contributed by atoms with van der Waals surface area (Å²) in [5, 5.41) is 26.3. The first-order valence-electron chi connectivity index (χ1n) is 4.82. The summed E-state index contributed by atoms with van der Waals surface area (Å²) < 4.78 is 13.5. The summed E-state index contributed by atoms with van der Waals surface area (Å²) in [5.41, 5.74) is -0.0207. The monoisotopic (exact) mass is 242 g/mol. The van der Waals surface area contributed by atoms with Crippen LogP contribution in [-0.2, 0) is 9.59 Å². The minimum absolute atomic E-state index is 0.0207. The summed E-state index contributed by atoms with van der Waals surface area (Å²) in [6.45, 7) is 0. The summed E-state index contributed by atoms with van der Waals surface area (Å²) in [5.74, 6) is -4.47. The highest BCUT2D eigenvalue weighted by Crippen LogP contribution is 2.28. The lowest BCUT2D eigenvalue weighted by atomic mass is 9.92. The molecule has 0 spiro atoms. The molecule has 0 atom stereocenters. The highest BCUT2D eigenvalue weighted by molar-refractivity contribution is 5.72. The van der Waals surface area contributed by atoms with Gasteiger partial charge in [0.15, 0.2) is 0 Å². The number of phenolic OH excluding ortho intramolecular Hbond substituents is 1. The average molecular weight is 242 g/mol. The Morgan fingerprint density at radius 2 is 1.71 bits per heavy atom. The van der Waals surface area contributed by atoms with Crippen molar-refractivity contribution < 1.29 is 29.3 Å². The van der Waals surface area contributed by atoms with Crippen LogP contribution in [0.1, 0.15) is 24.3 Å². The molecular formula is C11H11FO5. The van der Waals surface area contributed by atoms with Crippen molar-refractivity contribution in [1.82, 2.24) is 0 Å². The van der Waals surface area contributed by atoms with E-state index in [4.69, 9.17) is 15.3 Å². The molecule has 6 heteroatoms. The average Bonchev–Trinajstić information content (AvgIpc) is 2.14. The quantitative estimate of drug-likeness (QED) is 0.728. The molecule has 0 fully saturated rings. The third-order valence-corrected chi connectivity index (χ3v) is 2.27. The van der Waals surface area contributed by atoms with Gasteiger partial charge >= 0.3 is 11.9 Å². The Hall–Kier alpha value is -2.11. The van der Waals surface area contributed by atoms with E-state index in [2.05, 4.69) is 0 Å². The van der Waals surface area contributed by atoms with E-state index in [0.29, 0.717) is 0 Å². The molecule has 17 heavy (non-hydrogen) atoms. The van der Waals surface area contributed by atoms with Gasteiger partial charge in [-0.15, -0.1) is 0 Å². The van der Waals surface area contributed by atoms with Crippen LogP contribution < -0.4 is 0 Å². The van der Waals surface area contributed by atoms with Gasteiger partial charge in [-0.05, 0) is 11.6 Å². The Morgan fingerprint density at radius 3 is 2.12 bits per heavy atom. The Balaban J connectivity index is 3.02. The van der Waals surface area contributed by atoms with E-state index in [1.54, 1.807) is 0 Å². The molecule has 5 nitrogen and oxygen atoms in total. The molecule has 0 bridgehead atoms. The zero-order chi connectivity index (χ0) is 13.0. The number of carboxylic acids is 2. The van der Waals surface area contributed by atoms with Gasteiger partial charge in [0.1, 0.15) is 11.6 Å². The van der Waals surface area contributed by atoms with Crippen LogP contribution in [0.4, 0.5) is 4.39 Å². The number of carbonyl (C=O) groups is 2. The number of hydrogen-bond donors (Lipinski definition) is 3. The Morgan fingerprint density at radius 1 is 1.18 bits per heavy atom. The third-order valence-electron chi connectivity index (χ3n) is 2.27. The second kappa shape index (κ2) is 5.29. The predicted octanol–water partition coefficient (Wildman–Crippen LogP) is 1.56. The minimum atomic E-state index is -1.20. The van der Waals surface area contributed by atoms with Crippen LogP contribution in [-0.4, -0.2) is 27.3 Å². The molecule has 92 valence electrons. The summed E-state index contributed by atoms with van der Waals surface area (Å²) in [4.78, 5) is 21.2. The molecular weight excluding hydrogens is 231 g/mol. The van der Waals surface area contributed by atoms with Crippen molar-refractivity contribution in [1.29, 1.82) is 0 Å². The summed E-state index contributed by atoms with van der Waals surface area (Å²) in [6.07, 6.45) is -0.956. The Labute approximate surface area is 96.1 Å². The van der Waals surface area contributed by atoms with Crippen molar-refractivity contribution >= 4 is 11.9 Å². The van der Waals surface area contributed by atoms with Crippen molar-refractivity contribution in [2.45, 2.75) is 18.8 Å². The molecule has 1 aromatic rings. The highest BCUT2D eigenvalue weighted by Gasteiger charge is 2.22. The van der Waals surface area contributed by atoms with Crippen molar-refractivity contribution in [3.8, 4) is 5.75 Å². The maximum atomic E-state index is 13.5. The van der Waals surface area contributed by atoms with Crippen LogP contribution in [0.5, 0.6) is 5.75 Å². The van der Waals surface area contributed by atoms with Crippen LogP contribution in [0.3, 0.4) is 0 Å². The summed E-state index contributed by atoms with van der Waals surface area (Å²) in [6, 6.07) is 3.21. The normalized spacial score (nSPS) is 10.5. The Bertz CT molecular complexity index is 427.